The van der Waals surface area contributed by atoms with Crippen LogP contribution in [0.25, 0.3) is 0 Å². The maximum atomic E-state index is 11.5. The topological polar surface area (TPSA) is 37.4 Å². The number of Topliss-reactive ketones (excluding diaryl/α,β-unsaturated/α-hetero) is 1. The molecule has 3 heteroatoms. The maximum Gasteiger partial charge on any atom is 0.220 e. The first kappa shape index (κ1) is 10.7. The minimum Gasteiger partial charge on any atom is -0.332 e. The summed E-state index contributed by atoms with van der Waals surface area (Å²) < 4.78 is 0. The highest BCUT2D eigenvalue weighted by Crippen LogP contribution is 2.47. The van der Waals surface area contributed by atoms with Gasteiger partial charge in [-0.1, -0.05) is 12.8 Å². The Kier molecular flexibility index (Phi) is 2.57. The lowest BCUT2D eigenvalue weighted by atomic mass is 9.83. The molecule has 1 amide bonds. The maximum absolute atomic E-state index is 11.5. The van der Waals surface area contributed by atoms with E-state index in [1.807, 2.05) is 0 Å². The Balaban J connectivity index is 2.18. The quantitative estimate of drug-likeness (QED) is 0.660. The molecule has 1 saturated heterocycles. The molecule has 1 atom stereocenters. The lowest BCUT2D eigenvalue weighted by Gasteiger charge is -2.23. The van der Waals surface area contributed by atoms with Crippen molar-refractivity contribution in [1.82, 2.24) is 4.90 Å². The second kappa shape index (κ2) is 3.62. The van der Waals surface area contributed by atoms with E-state index >= 15 is 0 Å². The van der Waals surface area contributed by atoms with Gasteiger partial charge in [0.05, 0.1) is 6.04 Å². The van der Waals surface area contributed by atoms with Crippen molar-refractivity contribution in [1.29, 1.82) is 0 Å². The predicted octanol–water partition coefficient (Wildman–Crippen LogP) is 1.76. The Morgan fingerprint density at radius 1 is 1.20 bits per heavy atom. The molecule has 0 radical (unpaired) electrons. The van der Waals surface area contributed by atoms with Crippen molar-refractivity contribution in [3.05, 3.63) is 0 Å². The zero-order valence-corrected chi connectivity index (χ0v) is 9.58. The zero-order chi connectivity index (χ0) is 11.1. The van der Waals surface area contributed by atoms with Gasteiger partial charge in [0.2, 0.25) is 5.91 Å². The Bertz CT molecular complexity index is 268. The fourth-order valence-corrected chi connectivity index (χ4v) is 3.24. The van der Waals surface area contributed by atoms with Crippen LogP contribution in [0.3, 0.4) is 0 Å². The molecule has 1 heterocycles. The monoisotopic (exact) mass is 209 g/mol. The van der Waals surface area contributed by atoms with E-state index in [0.717, 1.165) is 13.0 Å². The standard InChI is InChI=1S/C12H19NO2/c1-9(14)11-7-12(5-3-4-6-12)8-13(11)10(2)15/h11H,3-8H2,1-2H3/t11-/m0/s1. The first-order valence-electron chi connectivity index (χ1n) is 5.82. The molecule has 2 fully saturated rings. The highest BCUT2D eigenvalue weighted by molar-refractivity contribution is 5.87. The van der Waals surface area contributed by atoms with Gasteiger partial charge in [0.25, 0.3) is 0 Å². The van der Waals surface area contributed by atoms with E-state index in [1.54, 1.807) is 18.7 Å². The number of likely N-dealkylation sites (tertiary alicyclic amines) is 1. The first-order chi connectivity index (χ1) is 7.04. The van der Waals surface area contributed by atoms with E-state index in [9.17, 15) is 9.59 Å². The molecule has 2 rings (SSSR count). The fraction of sp³-hybridized carbons (Fsp3) is 0.833. The third-order valence-corrected chi connectivity index (χ3v) is 4.05. The van der Waals surface area contributed by atoms with Gasteiger partial charge in [0.1, 0.15) is 0 Å². The minimum absolute atomic E-state index is 0.0546. The van der Waals surface area contributed by atoms with Gasteiger partial charge in [-0.25, -0.2) is 0 Å². The Hall–Kier alpha value is -0.860. The van der Waals surface area contributed by atoms with E-state index in [1.165, 1.54) is 25.7 Å². The van der Waals surface area contributed by atoms with Crippen LogP contribution in [0.4, 0.5) is 0 Å². The van der Waals surface area contributed by atoms with Crippen LogP contribution in [-0.4, -0.2) is 29.2 Å². The lowest BCUT2D eigenvalue weighted by molar-refractivity contribution is -0.135. The molecule has 2 aliphatic rings. The number of carbonyl (C=O) groups excluding carboxylic acids is 2. The summed E-state index contributed by atoms with van der Waals surface area (Å²) in [5.74, 6) is 0.202. The lowest BCUT2D eigenvalue weighted by Crippen LogP contribution is -2.38. The highest BCUT2D eigenvalue weighted by atomic mass is 16.2. The summed E-state index contributed by atoms with van der Waals surface area (Å²) in [4.78, 5) is 24.8. The summed E-state index contributed by atoms with van der Waals surface area (Å²) in [6.07, 6.45) is 5.82. The summed E-state index contributed by atoms with van der Waals surface area (Å²) in [7, 11) is 0. The number of hydrogen-bond donors (Lipinski definition) is 0. The average Bonchev–Trinajstić information content (AvgIpc) is 2.74. The van der Waals surface area contributed by atoms with Gasteiger partial charge in [0.15, 0.2) is 5.78 Å². The van der Waals surface area contributed by atoms with Crippen molar-refractivity contribution in [3.63, 3.8) is 0 Å². The summed E-state index contributed by atoms with van der Waals surface area (Å²) in [6, 6.07) is -0.138. The molecule has 0 bridgehead atoms. The van der Waals surface area contributed by atoms with Crippen molar-refractivity contribution in [3.8, 4) is 0 Å². The van der Waals surface area contributed by atoms with Crippen LogP contribution in [-0.2, 0) is 9.59 Å². The van der Waals surface area contributed by atoms with Crippen LogP contribution in [0.5, 0.6) is 0 Å². The molecule has 0 N–H and O–H groups in total. The van der Waals surface area contributed by atoms with Crippen molar-refractivity contribution in [2.45, 2.75) is 52.0 Å². The van der Waals surface area contributed by atoms with Gasteiger partial charge in [-0.2, -0.15) is 0 Å². The van der Waals surface area contributed by atoms with Gasteiger partial charge in [-0.05, 0) is 31.6 Å². The Morgan fingerprint density at radius 2 is 1.80 bits per heavy atom. The number of nitrogens with zero attached hydrogens (tertiary/aromatic N) is 1. The second-order valence-electron chi connectivity index (χ2n) is 5.18. The number of amides is 1. The summed E-state index contributed by atoms with van der Waals surface area (Å²) in [6.45, 7) is 3.99. The summed E-state index contributed by atoms with van der Waals surface area (Å²) in [5.41, 5.74) is 0.280. The van der Waals surface area contributed by atoms with Gasteiger partial charge in [0, 0.05) is 13.5 Å². The Labute approximate surface area is 90.8 Å². The van der Waals surface area contributed by atoms with Crippen molar-refractivity contribution >= 4 is 11.7 Å². The zero-order valence-electron chi connectivity index (χ0n) is 9.58. The molecule has 1 aliphatic carbocycles. The molecule has 3 nitrogen and oxygen atoms in total. The predicted molar refractivity (Wildman–Crippen MR) is 57.4 cm³/mol. The molecule has 0 aromatic carbocycles. The summed E-state index contributed by atoms with van der Waals surface area (Å²) in [5, 5.41) is 0. The molecule has 15 heavy (non-hydrogen) atoms. The molecule has 0 aromatic rings. The molecular weight excluding hydrogens is 190 g/mol. The normalized spacial score (nSPS) is 28.7. The van der Waals surface area contributed by atoms with Crippen LogP contribution in [0.1, 0.15) is 46.0 Å². The molecule has 1 aliphatic heterocycles. The van der Waals surface area contributed by atoms with Crippen LogP contribution >= 0.6 is 0 Å². The van der Waals surface area contributed by atoms with Crippen LogP contribution in [0, 0.1) is 5.41 Å². The first-order valence-corrected chi connectivity index (χ1v) is 5.82. The summed E-state index contributed by atoms with van der Waals surface area (Å²) >= 11 is 0. The van der Waals surface area contributed by atoms with E-state index < -0.39 is 0 Å². The number of rotatable bonds is 1. The van der Waals surface area contributed by atoms with Crippen molar-refractivity contribution in [2.24, 2.45) is 5.41 Å². The fourth-order valence-electron chi connectivity index (χ4n) is 3.24. The Morgan fingerprint density at radius 3 is 2.20 bits per heavy atom. The van der Waals surface area contributed by atoms with Gasteiger partial charge >= 0.3 is 0 Å². The van der Waals surface area contributed by atoms with Crippen LogP contribution in [0.2, 0.25) is 0 Å². The van der Waals surface area contributed by atoms with E-state index in [-0.39, 0.29) is 23.1 Å². The van der Waals surface area contributed by atoms with Gasteiger partial charge in [-0.15, -0.1) is 0 Å². The largest absolute Gasteiger partial charge is 0.332 e. The molecule has 84 valence electrons. The van der Waals surface area contributed by atoms with E-state index in [4.69, 9.17) is 0 Å². The van der Waals surface area contributed by atoms with Crippen LogP contribution in [0.15, 0.2) is 0 Å². The average molecular weight is 209 g/mol. The smallest absolute Gasteiger partial charge is 0.220 e. The van der Waals surface area contributed by atoms with Gasteiger partial charge in [-0.3, -0.25) is 9.59 Å². The minimum atomic E-state index is -0.138. The van der Waals surface area contributed by atoms with Gasteiger partial charge < -0.3 is 4.90 Å². The molecule has 0 unspecified atom stereocenters. The van der Waals surface area contributed by atoms with Crippen molar-refractivity contribution in [2.75, 3.05) is 6.54 Å². The molecule has 1 spiro atoms. The third-order valence-electron chi connectivity index (χ3n) is 4.05. The number of hydrogen-bond acceptors (Lipinski definition) is 2. The highest BCUT2D eigenvalue weighted by Gasteiger charge is 2.47. The van der Waals surface area contributed by atoms with Crippen molar-refractivity contribution < 1.29 is 9.59 Å². The van der Waals surface area contributed by atoms with E-state index in [2.05, 4.69) is 0 Å². The van der Waals surface area contributed by atoms with Crippen LogP contribution < -0.4 is 0 Å². The van der Waals surface area contributed by atoms with E-state index in [0.29, 0.717) is 0 Å². The molecule has 0 aromatic heterocycles. The number of ketones is 1. The SMILES string of the molecule is CC(=O)[C@@H]1CC2(CCCC2)CN1C(C)=O. The second-order valence-corrected chi connectivity index (χ2v) is 5.18. The molecule has 1 saturated carbocycles. The number of carbonyl (C=O) groups is 2. The third kappa shape index (κ3) is 1.80. The molecular formula is C12H19NO2.